The zero-order valence-electron chi connectivity index (χ0n) is 14.4. The minimum absolute atomic E-state index is 0.281. The molecule has 0 saturated heterocycles. The van der Waals surface area contributed by atoms with Gasteiger partial charge in [-0.2, -0.15) is 5.10 Å². The van der Waals surface area contributed by atoms with Gasteiger partial charge in [0.25, 0.3) is 0 Å². The maximum Gasteiger partial charge on any atom is 0.340 e. The summed E-state index contributed by atoms with van der Waals surface area (Å²) in [6.07, 6.45) is 4.36. The van der Waals surface area contributed by atoms with Crippen LogP contribution in [0.2, 0.25) is 0 Å². The molecule has 0 aliphatic heterocycles. The van der Waals surface area contributed by atoms with Gasteiger partial charge in [-0.15, -0.1) is 0 Å². The Morgan fingerprint density at radius 2 is 1.92 bits per heavy atom. The van der Waals surface area contributed by atoms with E-state index in [4.69, 9.17) is 0 Å². The third-order valence-electron chi connectivity index (χ3n) is 4.43. The highest BCUT2D eigenvalue weighted by molar-refractivity contribution is 5.72. The lowest BCUT2D eigenvalue weighted by Gasteiger charge is -2.10. The van der Waals surface area contributed by atoms with Crippen LogP contribution in [0.15, 0.2) is 65.7 Å². The standard InChI is InChI=1S/C20H19N5O/c1-14-5-2-3-8-17(14)15-6-4-7-16(13-15)19-21-10-12-25(19)11-9-18-22-20(26)24-23-18/h2-8,10,12-13H,9,11H2,1H3,(H2,22,23,24,26). The van der Waals surface area contributed by atoms with Gasteiger partial charge in [0.15, 0.2) is 0 Å². The topological polar surface area (TPSA) is 79.4 Å². The Morgan fingerprint density at radius 1 is 1.08 bits per heavy atom. The van der Waals surface area contributed by atoms with Crippen LogP contribution in [0.4, 0.5) is 0 Å². The van der Waals surface area contributed by atoms with Crippen LogP contribution in [0.1, 0.15) is 11.4 Å². The van der Waals surface area contributed by atoms with Crippen LogP contribution >= 0.6 is 0 Å². The number of benzene rings is 2. The fourth-order valence-corrected chi connectivity index (χ4v) is 3.12. The van der Waals surface area contributed by atoms with Crippen molar-refractivity contribution < 1.29 is 0 Å². The second-order valence-corrected chi connectivity index (χ2v) is 6.21. The molecule has 2 N–H and O–H groups in total. The van der Waals surface area contributed by atoms with Gasteiger partial charge >= 0.3 is 5.69 Å². The molecule has 2 aromatic carbocycles. The zero-order chi connectivity index (χ0) is 17.9. The molecule has 2 heterocycles. The molecule has 0 fully saturated rings. The van der Waals surface area contributed by atoms with Gasteiger partial charge in [-0.1, -0.05) is 42.5 Å². The molecule has 0 spiro atoms. The van der Waals surface area contributed by atoms with Gasteiger partial charge in [-0.3, -0.25) is 4.98 Å². The second-order valence-electron chi connectivity index (χ2n) is 6.21. The summed E-state index contributed by atoms with van der Waals surface area (Å²) >= 11 is 0. The Hall–Kier alpha value is -3.41. The molecular weight excluding hydrogens is 326 g/mol. The van der Waals surface area contributed by atoms with Crippen molar-refractivity contribution in [1.29, 1.82) is 0 Å². The summed E-state index contributed by atoms with van der Waals surface area (Å²) in [4.78, 5) is 18.3. The van der Waals surface area contributed by atoms with E-state index >= 15 is 0 Å². The van der Waals surface area contributed by atoms with Crippen molar-refractivity contribution in [2.75, 3.05) is 0 Å². The highest BCUT2D eigenvalue weighted by atomic mass is 16.1. The number of nitrogens with zero attached hydrogens (tertiary/aromatic N) is 3. The smallest absolute Gasteiger partial charge is 0.331 e. The minimum atomic E-state index is -0.281. The average Bonchev–Trinajstić information content (AvgIpc) is 3.29. The Bertz CT molecular complexity index is 1090. The van der Waals surface area contributed by atoms with Gasteiger partial charge in [0.1, 0.15) is 11.6 Å². The van der Waals surface area contributed by atoms with Crippen LogP contribution in [-0.2, 0) is 13.0 Å². The molecule has 130 valence electrons. The first-order valence-corrected chi connectivity index (χ1v) is 8.52. The number of aryl methyl sites for hydroxylation is 3. The molecule has 0 unspecified atom stereocenters. The number of aromatic amines is 2. The number of imidazole rings is 1. The number of rotatable bonds is 5. The lowest BCUT2D eigenvalue weighted by atomic mass is 9.99. The molecule has 26 heavy (non-hydrogen) atoms. The molecule has 0 saturated carbocycles. The van der Waals surface area contributed by atoms with Crippen molar-refractivity contribution in [2.24, 2.45) is 0 Å². The van der Waals surface area contributed by atoms with Crippen LogP contribution in [0.3, 0.4) is 0 Å². The molecular formula is C20H19N5O. The summed E-state index contributed by atoms with van der Waals surface area (Å²) in [5.41, 5.74) is 4.42. The number of aromatic nitrogens is 5. The van der Waals surface area contributed by atoms with Crippen LogP contribution in [0.5, 0.6) is 0 Å². The highest BCUT2D eigenvalue weighted by Gasteiger charge is 2.09. The van der Waals surface area contributed by atoms with Gasteiger partial charge in [-0.05, 0) is 29.7 Å². The fraction of sp³-hybridized carbons (Fsp3) is 0.150. The number of nitrogens with one attached hydrogen (secondary N) is 2. The first kappa shape index (κ1) is 16.1. The Kier molecular flexibility index (Phi) is 4.23. The highest BCUT2D eigenvalue weighted by Crippen LogP contribution is 2.27. The molecule has 0 radical (unpaired) electrons. The number of hydrogen-bond donors (Lipinski definition) is 2. The van der Waals surface area contributed by atoms with Crippen molar-refractivity contribution in [3.63, 3.8) is 0 Å². The summed E-state index contributed by atoms with van der Waals surface area (Å²) in [6.45, 7) is 2.80. The maximum atomic E-state index is 11.1. The van der Waals surface area contributed by atoms with E-state index < -0.39 is 0 Å². The van der Waals surface area contributed by atoms with Gasteiger partial charge < -0.3 is 4.57 Å². The predicted octanol–water partition coefficient (Wildman–Crippen LogP) is 3.18. The first-order chi connectivity index (χ1) is 12.7. The third-order valence-corrected chi connectivity index (χ3v) is 4.43. The molecule has 6 nitrogen and oxygen atoms in total. The Balaban J connectivity index is 1.63. The zero-order valence-corrected chi connectivity index (χ0v) is 14.4. The van der Waals surface area contributed by atoms with Crippen molar-refractivity contribution in [2.45, 2.75) is 19.9 Å². The summed E-state index contributed by atoms with van der Waals surface area (Å²) in [5, 5.41) is 6.34. The molecule has 0 aliphatic rings. The SMILES string of the molecule is Cc1ccccc1-c1cccc(-c2nccn2CCc2n[nH]c(=O)[nH]2)c1. The Morgan fingerprint density at radius 3 is 2.73 bits per heavy atom. The monoisotopic (exact) mass is 345 g/mol. The largest absolute Gasteiger partial charge is 0.340 e. The van der Waals surface area contributed by atoms with E-state index in [1.807, 2.05) is 6.20 Å². The maximum absolute atomic E-state index is 11.1. The van der Waals surface area contributed by atoms with Crippen molar-refractivity contribution in [3.05, 3.63) is 82.8 Å². The summed E-state index contributed by atoms with van der Waals surface area (Å²) in [6, 6.07) is 16.8. The van der Waals surface area contributed by atoms with E-state index in [0.29, 0.717) is 18.8 Å². The van der Waals surface area contributed by atoms with E-state index in [2.05, 4.69) is 80.2 Å². The molecule has 6 heteroatoms. The van der Waals surface area contributed by atoms with E-state index in [0.717, 1.165) is 11.4 Å². The van der Waals surface area contributed by atoms with Gasteiger partial charge in [0.2, 0.25) is 0 Å². The number of H-pyrrole nitrogens is 2. The molecule has 0 bridgehead atoms. The van der Waals surface area contributed by atoms with E-state index in [-0.39, 0.29) is 5.69 Å². The van der Waals surface area contributed by atoms with E-state index in [1.165, 1.54) is 16.7 Å². The van der Waals surface area contributed by atoms with Gasteiger partial charge in [0, 0.05) is 30.9 Å². The number of hydrogen-bond acceptors (Lipinski definition) is 3. The minimum Gasteiger partial charge on any atom is -0.331 e. The molecule has 4 aromatic rings. The summed E-state index contributed by atoms with van der Waals surface area (Å²) in [5.74, 6) is 1.54. The van der Waals surface area contributed by atoms with Crippen LogP contribution < -0.4 is 5.69 Å². The normalized spacial score (nSPS) is 11.0. The van der Waals surface area contributed by atoms with Crippen molar-refractivity contribution in [3.8, 4) is 22.5 Å². The van der Waals surface area contributed by atoms with E-state index in [1.54, 1.807) is 6.20 Å². The van der Waals surface area contributed by atoms with Crippen molar-refractivity contribution >= 4 is 0 Å². The summed E-state index contributed by atoms with van der Waals surface area (Å²) < 4.78 is 2.07. The average molecular weight is 345 g/mol. The van der Waals surface area contributed by atoms with Crippen molar-refractivity contribution in [1.82, 2.24) is 24.7 Å². The van der Waals surface area contributed by atoms with Crippen LogP contribution in [0, 0.1) is 6.92 Å². The van der Waals surface area contributed by atoms with E-state index in [9.17, 15) is 4.79 Å². The van der Waals surface area contributed by atoms with Crippen LogP contribution in [0.25, 0.3) is 22.5 Å². The lowest BCUT2D eigenvalue weighted by molar-refractivity contribution is 0.679. The quantitative estimate of drug-likeness (QED) is 0.583. The van der Waals surface area contributed by atoms with Gasteiger partial charge in [-0.25, -0.2) is 14.9 Å². The molecule has 0 atom stereocenters. The fourth-order valence-electron chi connectivity index (χ4n) is 3.12. The molecule has 0 amide bonds. The molecule has 4 rings (SSSR count). The predicted molar refractivity (Wildman–Crippen MR) is 101 cm³/mol. The first-order valence-electron chi connectivity index (χ1n) is 8.52. The molecule has 2 aromatic heterocycles. The summed E-state index contributed by atoms with van der Waals surface area (Å²) in [7, 11) is 0. The Labute approximate surface area is 150 Å². The van der Waals surface area contributed by atoms with Crippen LogP contribution in [-0.4, -0.2) is 24.7 Å². The second kappa shape index (κ2) is 6.84. The lowest BCUT2D eigenvalue weighted by Crippen LogP contribution is -2.05. The molecule has 0 aliphatic carbocycles. The third kappa shape index (κ3) is 3.21. The van der Waals surface area contributed by atoms with Gasteiger partial charge in [0.05, 0.1) is 0 Å².